The van der Waals surface area contributed by atoms with Gasteiger partial charge in [0.15, 0.2) is 5.69 Å². The number of aromatic nitrogens is 1. The molecular weight excluding hydrogens is 252 g/mol. The molecule has 0 amide bonds. The normalized spacial score (nSPS) is 10.5. The number of nitrogens with zero attached hydrogens (tertiary/aromatic N) is 1. The zero-order chi connectivity index (χ0) is 12.4. The van der Waals surface area contributed by atoms with Crippen molar-refractivity contribution < 1.29 is 23.1 Å². The Morgan fingerprint density at radius 2 is 2.18 bits per heavy atom. The van der Waals surface area contributed by atoms with E-state index in [0.29, 0.717) is 11.8 Å². The molecule has 0 bridgehead atoms. The molecule has 0 saturated heterocycles. The Hall–Kier alpha value is -1.89. The van der Waals surface area contributed by atoms with Gasteiger partial charge in [0.25, 0.3) is 5.22 Å². The molecular formula is C10H5F2NO3S. The molecule has 7 heteroatoms. The monoisotopic (exact) mass is 257 g/mol. The van der Waals surface area contributed by atoms with Gasteiger partial charge in [-0.05, 0) is 30.0 Å². The van der Waals surface area contributed by atoms with Crippen LogP contribution in [0.25, 0.3) is 0 Å². The lowest BCUT2D eigenvalue weighted by Crippen LogP contribution is -1.95. The van der Waals surface area contributed by atoms with Crippen LogP contribution in [0.3, 0.4) is 0 Å². The Bertz CT molecular complexity index is 570. The van der Waals surface area contributed by atoms with E-state index in [-0.39, 0.29) is 15.8 Å². The SMILES string of the molecule is O=C(O)c1coc(Sc2cc(F)ccc2F)n1. The van der Waals surface area contributed by atoms with Gasteiger partial charge in [-0.1, -0.05) is 0 Å². The molecule has 0 saturated carbocycles. The summed E-state index contributed by atoms with van der Waals surface area (Å²) >= 11 is 0.711. The molecule has 88 valence electrons. The van der Waals surface area contributed by atoms with Crippen molar-refractivity contribution >= 4 is 17.7 Å². The summed E-state index contributed by atoms with van der Waals surface area (Å²) in [5.41, 5.74) is -0.288. The van der Waals surface area contributed by atoms with Crippen LogP contribution in [0.1, 0.15) is 10.5 Å². The van der Waals surface area contributed by atoms with Crippen LogP contribution in [0.5, 0.6) is 0 Å². The van der Waals surface area contributed by atoms with E-state index in [0.717, 1.165) is 24.5 Å². The predicted octanol–water partition coefficient (Wildman–Crippen LogP) is 2.80. The van der Waals surface area contributed by atoms with Gasteiger partial charge in [-0.15, -0.1) is 0 Å². The summed E-state index contributed by atoms with van der Waals surface area (Å²) in [6.45, 7) is 0. The molecule has 1 aromatic carbocycles. The number of hydrogen-bond acceptors (Lipinski definition) is 4. The molecule has 1 N–H and O–H groups in total. The summed E-state index contributed by atoms with van der Waals surface area (Å²) in [7, 11) is 0. The highest BCUT2D eigenvalue weighted by Crippen LogP contribution is 2.29. The van der Waals surface area contributed by atoms with Crippen LogP contribution in [-0.2, 0) is 0 Å². The molecule has 1 aromatic heterocycles. The van der Waals surface area contributed by atoms with Crippen LogP contribution in [0, 0.1) is 11.6 Å². The third-order valence-electron chi connectivity index (χ3n) is 1.79. The van der Waals surface area contributed by atoms with E-state index >= 15 is 0 Å². The van der Waals surface area contributed by atoms with Crippen LogP contribution in [-0.4, -0.2) is 16.1 Å². The summed E-state index contributed by atoms with van der Waals surface area (Å²) in [6.07, 6.45) is 0.932. The minimum atomic E-state index is -1.25. The lowest BCUT2D eigenvalue weighted by atomic mass is 10.3. The summed E-state index contributed by atoms with van der Waals surface area (Å²) < 4.78 is 30.9. The summed E-state index contributed by atoms with van der Waals surface area (Å²) in [4.78, 5) is 14.1. The molecule has 17 heavy (non-hydrogen) atoms. The van der Waals surface area contributed by atoms with Gasteiger partial charge < -0.3 is 9.52 Å². The van der Waals surface area contributed by atoms with Gasteiger partial charge in [0, 0.05) is 0 Å². The van der Waals surface area contributed by atoms with Crippen molar-refractivity contribution in [3.63, 3.8) is 0 Å². The molecule has 2 rings (SSSR count). The predicted molar refractivity (Wildman–Crippen MR) is 53.9 cm³/mol. The Morgan fingerprint density at radius 3 is 2.82 bits per heavy atom. The second kappa shape index (κ2) is 4.54. The fourth-order valence-electron chi connectivity index (χ4n) is 1.05. The molecule has 2 aromatic rings. The molecule has 4 nitrogen and oxygen atoms in total. The summed E-state index contributed by atoms with van der Waals surface area (Å²) in [5, 5.41) is 8.53. The van der Waals surface area contributed by atoms with Gasteiger partial charge in [0.2, 0.25) is 0 Å². The summed E-state index contributed by atoms with van der Waals surface area (Å²) in [6, 6.07) is 2.93. The second-order valence-corrected chi connectivity index (χ2v) is 3.97. The molecule has 0 aliphatic rings. The topological polar surface area (TPSA) is 63.3 Å². The molecule has 0 unspecified atom stereocenters. The van der Waals surface area contributed by atoms with E-state index in [1.165, 1.54) is 0 Å². The van der Waals surface area contributed by atoms with Crippen LogP contribution in [0.15, 0.2) is 39.0 Å². The number of carboxylic acid groups (broad SMARTS) is 1. The number of benzene rings is 1. The number of halogens is 2. The van der Waals surface area contributed by atoms with E-state index in [1.807, 2.05) is 0 Å². The van der Waals surface area contributed by atoms with Gasteiger partial charge in [-0.25, -0.2) is 13.6 Å². The van der Waals surface area contributed by atoms with Crippen molar-refractivity contribution in [2.24, 2.45) is 0 Å². The van der Waals surface area contributed by atoms with E-state index in [2.05, 4.69) is 4.98 Å². The molecule has 0 radical (unpaired) electrons. The van der Waals surface area contributed by atoms with Crippen molar-refractivity contribution in [1.29, 1.82) is 0 Å². The average molecular weight is 257 g/mol. The molecule has 0 aliphatic carbocycles. The van der Waals surface area contributed by atoms with Crippen molar-refractivity contribution in [1.82, 2.24) is 4.98 Å². The van der Waals surface area contributed by atoms with Crippen molar-refractivity contribution in [3.05, 3.63) is 41.8 Å². The third-order valence-corrected chi connectivity index (χ3v) is 2.69. The lowest BCUT2D eigenvalue weighted by molar-refractivity contribution is 0.0690. The maximum absolute atomic E-state index is 13.2. The Balaban J connectivity index is 2.25. The van der Waals surface area contributed by atoms with E-state index in [9.17, 15) is 13.6 Å². The third kappa shape index (κ3) is 2.62. The first-order chi connectivity index (χ1) is 8.06. The first-order valence-electron chi connectivity index (χ1n) is 4.38. The van der Waals surface area contributed by atoms with Gasteiger partial charge in [-0.3, -0.25) is 0 Å². The number of aromatic carboxylic acids is 1. The maximum Gasteiger partial charge on any atom is 0.357 e. The Morgan fingerprint density at radius 1 is 1.41 bits per heavy atom. The highest BCUT2D eigenvalue weighted by molar-refractivity contribution is 7.99. The highest BCUT2D eigenvalue weighted by Gasteiger charge is 2.13. The average Bonchev–Trinajstić information content (AvgIpc) is 2.72. The fourth-order valence-corrected chi connectivity index (χ4v) is 1.82. The number of carboxylic acids is 1. The van der Waals surface area contributed by atoms with Gasteiger partial charge in [0.1, 0.15) is 17.9 Å². The first kappa shape index (κ1) is 11.6. The van der Waals surface area contributed by atoms with Crippen LogP contribution in [0.2, 0.25) is 0 Å². The van der Waals surface area contributed by atoms with Crippen molar-refractivity contribution in [3.8, 4) is 0 Å². The zero-order valence-corrected chi connectivity index (χ0v) is 9.00. The van der Waals surface area contributed by atoms with Gasteiger partial charge in [-0.2, -0.15) is 4.98 Å². The van der Waals surface area contributed by atoms with Crippen LogP contribution < -0.4 is 0 Å². The number of oxazole rings is 1. The van der Waals surface area contributed by atoms with E-state index in [1.54, 1.807) is 0 Å². The minimum absolute atomic E-state index is 0.0243. The smallest absolute Gasteiger partial charge is 0.357 e. The molecule has 0 fully saturated rings. The van der Waals surface area contributed by atoms with Gasteiger partial charge >= 0.3 is 5.97 Å². The van der Waals surface area contributed by atoms with Crippen LogP contribution in [0.4, 0.5) is 8.78 Å². The minimum Gasteiger partial charge on any atom is -0.476 e. The second-order valence-electron chi connectivity index (χ2n) is 2.98. The molecule has 0 aliphatic heterocycles. The largest absolute Gasteiger partial charge is 0.476 e. The van der Waals surface area contributed by atoms with Crippen LogP contribution >= 0.6 is 11.8 Å². The van der Waals surface area contributed by atoms with E-state index < -0.39 is 17.6 Å². The number of rotatable bonds is 3. The van der Waals surface area contributed by atoms with Crippen molar-refractivity contribution in [2.75, 3.05) is 0 Å². The number of hydrogen-bond donors (Lipinski definition) is 1. The quantitative estimate of drug-likeness (QED) is 0.915. The maximum atomic E-state index is 13.2. The Kier molecular flexibility index (Phi) is 3.10. The van der Waals surface area contributed by atoms with Gasteiger partial charge in [0.05, 0.1) is 4.90 Å². The standard InChI is InChI=1S/C10H5F2NO3S/c11-5-1-2-6(12)8(3-5)17-10-13-7(4-16-10)9(14)15/h1-4H,(H,14,15). The summed E-state index contributed by atoms with van der Waals surface area (Å²) in [5.74, 6) is -2.48. The zero-order valence-electron chi connectivity index (χ0n) is 8.18. The molecule has 0 spiro atoms. The highest BCUT2D eigenvalue weighted by atomic mass is 32.2. The molecule has 1 heterocycles. The lowest BCUT2D eigenvalue weighted by Gasteiger charge is -1.98. The van der Waals surface area contributed by atoms with E-state index in [4.69, 9.17) is 9.52 Å². The fraction of sp³-hybridized carbons (Fsp3) is 0. The van der Waals surface area contributed by atoms with Crippen molar-refractivity contribution in [2.45, 2.75) is 10.1 Å². The Labute approximate surface area is 98.3 Å². The number of carbonyl (C=O) groups is 1. The molecule has 0 atom stereocenters. The first-order valence-corrected chi connectivity index (χ1v) is 5.19.